The number of carboxylic acids is 1. The minimum atomic E-state index is -1.29. The summed E-state index contributed by atoms with van der Waals surface area (Å²) in [6.45, 7) is 1.00. The minimum Gasteiger partial charge on any atom is -0.481 e. The van der Waals surface area contributed by atoms with Crippen LogP contribution in [0.3, 0.4) is 0 Å². The molecule has 14 heavy (non-hydrogen) atoms. The molecule has 1 atom stereocenters. The Morgan fingerprint density at radius 2 is 2.21 bits per heavy atom. The maximum Gasteiger partial charge on any atom is 0.316 e. The van der Waals surface area contributed by atoms with Crippen LogP contribution in [-0.2, 0) is 10.2 Å². The maximum absolute atomic E-state index is 11.0. The van der Waals surface area contributed by atoms with Crippen LogP contribution in [0.4, 0.5) is 0 Å². The van der Waals surface area contributed by atoms with E-state index in [1.54, 1.807) is 24.3 Å². The molecule has 0 amide bonds. The second-order valence-electron chi connectivity index (χ2n) is 3.31. The van der Waals surface area contributed by atoms with Crippen LogP contribution < -0.4 is 0 Å². The highest BCUT2D eigenvalue weighted by Crippen LogP contribution is 2.25. The molecule has 0 aliphatic carbocycles. The fraction of sp³-hybridized carbons (Fsp3) is 0.300. The Morgan fingerprint density at radius 1 is 1.57 bits per heavy atom. The van der Waals surface area contributed by atoms with Gasteiger partial charge in [-0.05, 0) is 24.6 Å². The number of hydrogen-bond donors (Lipinski definition) is 2. The first kappa shape index (κ1) is 11.0. The zero-order valence-electron chi connectivity index (χ0n) is 7.70. The summed E-state index contributed by atoms with van der Waals surface area (Å²) >= 11 is 5.74. The van der Waals surface area contributed by atoms with Crippen molar-refractivity contribution in [2.75, 3.05) is 6.61 Å². The number of aliphatic carboxylic acids is 1. The van der Waals surface area contributed by atoms with Gasteiger partial charge >= 0.3 is 5.97 Å². The van der Waals surface area contributed by atoms with Gasteiger partial charge in [-0.25, -0.2) is 0 Å². The molecule has 0 fully saturated rings. The van der Waals surface area contributed by atoms with Gasteiger partial charge in [-0.15, -0.1) is 0 Å². The van der Waals surface area contributed by atoms with Gasteiger partial charge in [0.15, 0.2) is 0 Å². The molecule has 1 rings (SSSR count). The van der Waals surface area contributed by atoms with E-state index in [0.717, 1.165) is 0 Å². The van der Waals surface area contributed by atoms with Crippen LogP contribution in [0.5, 0.6) is 0 Å². The van der Waals surface area contributed by atoms with Crippen LogP contribution in [0.25, 0.3) is 0 Å². The zero-order valence-corrected chi connectivity index (χ0v) is 8.45. The summed E-state index contributed by atoms with van der Waals surface area (Å²) in [4.78, 5) is 11.0. The number of hydrogen-bond acceptors (Lipinski definition) is 2. The van der Waals surface area contributed by atoms with Crippen molar-refractivity contribution < 1.29 is 15.0 Å². The van der Waals surface area contributed by atoms with Crippen molar-refractivity contribution in [3.05, 3.63) is 34.9 Å². The van der Waals surface area contributed by atoms with E-state index < -0.39 is 18.0 Å². The zero-order chi connectivity index (χ0) is 10.8. The van der Waals surface area contributed by atoms with Crippen LogP contribution in [-0.4, -0.2) is 22.8 Å². The molecule has 1 aromatic carbocycles. The second kappa shape index (κ2) is 3.98. The fourth-order valence-electron chi connectivity index (χ4n) is 1.11. The molecular formula is C10H11ClO3. The highest BCUT2D eigenvalue weighted by Gasteiger charge is 2.34. The predicted molar refractivity (Wildman–Crippen MR) is 53.5 cm³/mol. The Bertz CT molecular complexity index is 351. The largest absolute Gasteiger partial charge is 0.481 e. The number of aliphatic hydroxyl groups excluding tert-OH is 1. The summed E-state index contributed by atoms with van der Waals surface area (Å²) in [7, 11) is 0. The van der Waals surface area contributed by atoms with E-state index in [9.17, 15) is 4.79 Å². The van der Waals surface area contributed by atoms with Crippen molar-refractivity contribution in [1.82, 2.24) is 0 Å². The van der Waals surface area contributed by atoms with E-state index in [1.807, 2.05) is 0 Å². The molecule has 3 nitrogen and oxygen atoms in total. The standard InChI is InChI=1S/C10H11ClO3/c1-10(6-12,9(13)14)7-3-2-4-8(11)5-7/h2-5,12H,6H2,1H3,(H,13,14). The smallest absolute Gasteiger partial charge is 0.316 e. The van der Waals surface area contributed by atoms with Crippen molar-refractivity contribution in [1.29, 1.82) is 0 Å². The quantitative estimate of drug-likeness (QED) is 0.805. The summed E-state index contributed by atoms with van der Waals surface area (Å²) in [6.07, 6.45) is 0. The molecular weight excluding hydrogens is 204 g/mol. The SMILES string of the molecule is CC(CO)(C(=O)O)c1cccc(Cl)c1. The molecule has 0 saturated carbocycles. The van der Waals surface area contributed by atoms with Gasteiger partial charge in [0.1, 0.15) is 5.41 Å². The maximum atomic E-state index is 11.0. The Kier molecular flexibility index (Phi) is 3.13. The number of aliphatic hydroxyl groups is 1. The third-order valence-electron chi connectivity index (χ3n) is 2.25. The average molecular weight is 215 g/mol. The van der Waals surface area contributed by atoms with E-state index in [4.69, 9.17) is 21.8 Å². The molecule has 1 unspecified atom stereocenters. The highest BCUT2D eigenvalue weighted by atomic mass is 35.5. The summed E-state index contributed by atoms with van der Waals surface area (Å²) in [5.41, 5.74) is -0.787. The highest BCUT2D eigenvalue weighted by molar-refractivity contribution is 6.30. The first-order valence-corrected chi connectivity index (χ1v) is 4.49. The fourth-order valence-corrected chi connectivity index (χ4v) is 1.30. The Hall–Kier alpha value is -1.06. The van der Waals surface area contributed by atoms with Gasteiger partial charge < -0.3 is 10.2 Å². The lowest BCUT2D eigenvalue weighted by Gasteiger charge is -2.22. The minimum absolute atomic E-state index is 0.456. The van der Waals surface area contributed by atoms with Gasteiger partial charge in [-0.1, -0.05) is 23.7 Å². The molecule has 0 spiro atoms. The second-order valence-corrected chi connectivity index (χ2v) is 3.74. The molecule has 4 heteroatoms. The van der Waals surface area contributed by atoms with Gasteiger partial charge in [0, 0.05) is 5.02 Å². The van der Waals surface area contributed by atoms with Gasteiger partial charge in [0.25, 0.3) is 0 Å². The first-order valence-electron chi connectivity index (χ1n) is 4.11. The summed E-state index contributed by atoms with van der Waals surface area (Å²) < 4.78 is 0. The Morgan fingerprint density at radius 3 is 2.64 bits per heavy atom. The van der Waals surface area contributed by atoms with Crippen LogP contribution in [0, 0.1) is 0 Å². The molecule has 0 bridgehead atoms. The third kappa shape index (κ3) is 1.89. The first-order chi connectivity index (χ1) is 6.50. The predicted octanol–water partition coefficient (Wildman–Crippen LogP) is 1.67. The van der Waals surface area contributed by atoms with E-state index in [0.29, 0.717) is 10.6 Å². The Labute approximate surface area is 86.9 Å². The van der Waals surface area contributed by atoms with Crippen molar-refractivity contribution in [3.8, 4) is 0 Å². The third-order valence-corrected chi connectivity index (χ3v) is 2.49. The molecule has 2 N–H and O–H groups in total. The van der Waals surface area contributed by atoms with Gasteiger partial charge in [0.2, 0.25) is 0 Å². The van der Waals surface area contributed by atoms with Crippen LogP contribution in [0.1, 0.15) is 12.5 Å². The lowest BCUT2D eigenvalue weighted by atomic mass is 9.83. The number of benzene rings is 1. The molecule has 0 radical (unpaired) electrons. The van der Waals surface area contributed by atoms with Crippen LogP contribution in [0.2, 0.25) is 5.02 Å². The number of carbonyl (C=O) groups is 1. The monoisotopic (exact) mass is 214 g/mol. The summed E-state index contributed by atoms with van der Waals surface area (Å²) in [5.74, 6) is -1.07. The van der Waals surface area contributed by atoms with Crippen LogP contribution in [0.15, 0.2) is 24.3 Å². The van der Waals surface area contributed by atoms with E-state index >= 15 is 0 Å². The Balaban J connectivity index is 3.19. The lowest BCUT2D eigenvalue weighted by molar-refractivity contribution is -0.144. The normalized spacial score (nSPS) is 14.8. The molecule has 76 valence electrons. The molecule has 1 aromatic rings. The van der Waals surface area contributed by atoms with Crippen molar-refractivity contribution in [2.45, 2.75) is 12.3 Å². The van der Waals surface area contributed by atoms with E-state index in [1.165, 1.54) is 6.92 Å². The van der Waals surface area contributed by atoms with Crippen LogP contribution >= 0.6 is 11.6 Å². The summed E-state index contributed by atoms with van der Waals surface area (Å²) in [6, 6.07) is 6.50. The number of halogens is 1. The number of carboxylic acid groups (broad SMARTS) is 1. The number of rotatable bonds is 3. The van der Waals surface area contributed by atoms with Crippen molar-refractivity contribution in [3.63, 3.8) is 0 Å². The van der Waals surface area contributed by atoms with E-state index in [-0.39, 0.29) is 0 Å². The lowest BCUT2D eigenvalue weighted by Crippen LogP contribution is -2.36. The average Bonchev–Trinajstić information content (AvgIpc) is 2.16. The van der Waals surface area contributed by atoms with Crippen molar-refractivity contribution >= 4 is 17.6 Å². The van der Waals surface area contributed by atoms with Crippen molar-refractivity contribution in [2.24, 2.45) is 0 Å². The topological polar surface area (TPSA) is 57.5 Å². The molecule has 0 heterocycles. The molecule has 0 aliphatic heterocycles. The van der Waals surface area contributed by atoms with Gasteiger partial charge in [-0.2, -0.15) is 0 Å². The molecule has 0 saturated heterocycles. The van der Waals surface area contributed by atoms with Gasteiger partial charge in [-0.3, -0.25) is 4.79 Å². The summed E-state index contributed by atoms with van der Waals surface area (Å²) in [5, 5.41) is 18.5. The molecule has 0 aliphatic rings. The van der Waals surface area contributed by atoms with Gasteiger partial charge in [0.05, 0.1) is 6.61 Å². The van der Waals surface area contributed by atoms with E-state index in [2.05, 4.69) is 0 Å². The molecule has 0 aromatic heterocycles.